The maximum Gasteiger partial charge on any atom is 0.0964 e. The Labute approximate surface area is 62.1 Å². The lowest BCUT2D eigenvalue weighted by molar-refractivity contribution is 1.31. The third kappa shape index (κ3) is 5.09. The Bertz CT molecular complexity index is 159. The van der Waals surface area contributed by atoms with Crippen molar-refractivity contribution in [1.82, 2.24) is 0 Å². The van der Waals surface area contributed by atoms with Gasteiger partial charge in [0.05, 0.1) is 11.5 Å². The fourth-order valence-corrected chi connectivity index (χ4v) is 0.592. The first-order valence-corrected chi connectivity index (χ1v) is 3.17. The molecule has 0 radical (unpaired) electrons. The molecule has 10 heavy (non-hydrogen) atoms. The van der Waals surface area contributed by atoms with Crippen LogP contribution in [0.2, 0.25) is 0 Å². The van der Waals surface area contributed by atoms with Gasteiger partial charge in [0.15, 0.2) is 0 Å². The van der Waals surface area contributed by atoms with Crippen LogP contribution in [-0.2, 0) is 0 Å². The molecule has 0 aliphatic carbocycles. The Balaban J connectivity index is 4.14. The SMILES string of the molecule is C=C(C=C(C)C)N=C(C)N. The molecule has 0 aromatic carbocycles. The van der Waals surface area contributed by atoms with Gasteiger partial charge in [-0.15, -0.1) is 0 Å². The van der Waals surface area contributed by atoms with Crippen molar-refractivity contribution in [2.45, 2.75) is 20.8 Å². The lowest BCUT2D eigenvalue weighted by Crippen LogP contribution is -2.04. The van der Waals surface area contributed by atoms with E-state index in [0.717, 1.165) is 0 Å². The van der Waals surface area contributed by atoms with Gasteiger partial charge in [-0.05, 0) is 26.8 Å². The summed E-state index contributed by atoms with van der Waals surface area (Å²) in [6, 6.07) is 0. The topological polar surface area (TPSA) is 38.4 Å². The summed E-state index contributed by atoms with van der Waals surface area (Å²) < 4.78 is 0. The van der Waals surface area contributed by atoms with Crippen LogP contribution in [0.3, 0.4) is 0 Å². The van der Waals surface area contributed by atoms with Crippen LogP contribution < -0.4 is 5.73 Å². The molecule has 0 aliphatic rings. The monoisotopic (exact) mass is 138 g/mol. The van der Waals surface area contributed by atoms with E-state index in [2.05, 4.69) is 11.6 Å². The van der Waals surface area contributed by atoms with E-state index in [1.165, 1.54) is 5.57 Å². The summed E-state index contributed by atoms with van der Waals surface area (Å²) in [6.07, 6.45) is 1.89. The van der Waals surface area contributed by atoms with E-state index in [-0.39, 0.29) is 0 Å². The zero-order chi connectivity index (χ0) is 8.15. The molecule has 0 atom stereocenters. The highest BCUT2D eigenvalue weighted by Gasteiger charge is 1.83. The van der Waals surface area contributed by atoms with E-state index in [0.29, 0.717) is 11.5 Å². The molecule has 0 saturated heterocycles. The van der Waals surface area contributed by atoms with Crippen LogP contribution in [0.5, 0.6) is 0 Å². The highest BCUT2D eigenvalue weighted by Crippen LogP contribution is 1.99. The average Bonchev–Trinajstić information content (AvgIpc) is 1.58. The van der Waals surface area contributed by atoms with Crippen molar-refractivity contribution in [2.24, 2.45) is 10.7 Å². The molecule has 0 aliphatic heterocycles. The summed E-state index contributed by atoms with van der Waals surface area (Å²) in [5, 5.41) is 0. The molecule has 56 valence electrons. The predicted molar refractivity (Wildman–Crippen MR) is 45.9 cm³/mol. The molecule has 0 rings (SSSR count). The van der Waals surface area contributed by atoms with Gasteiger partial charge in [-0.3, -0.25) is 0 Å². The standard InChI is InChI=1S/C8H14N2/c1-6(2)5-7(3)10-8(4)9/h5H,3H2,1-2,4H3,(H2,9,10). The average molecular weight is 138 g/mol. The molecule has 0 aromatic heterocycles. The maximum atomic E-state index is 5.33. The van der Waals surface area contributed by atoms with E-state index >= 15 is 0 Å². The van der Waals surface area contributed by atoms with E-state index in [4.69, 9.17) is 5.73 Å². The second kappa shape index (κ2) is 3.88. The minimum atomic E-state index is 0.544. The largest absolute Gasteiger partial charge is 0.387 e. The lowest BCUT2D eigenvalue weighted by Gasteiger charge is -1.92. The van der Waals surface area contributed by atoms with Gasteiger partial charge in [0.2, 0.25) is 0 Å². The third-order valence-corrected chi connectivity index (χ3v) is 0.775. The Morgan fingerprint density at radius 2 is 1.90 bits per heavy atom. The number of nitrogens with zero attached hydrogens (tertiary/aromatic N) is 1. The van der Waals surface area contributed by atoms with Gasteiger partial charge in [-0.25, -0.2) is 4.99 Å². The number of nitrogens with two attached hydrogens (primary N) is 1. The van der Waals surface area contributed by atoms with E-state index in [1.807, 2.05) is 19.9 Å². The first kappa shape index (κ1) is 8.95. The zero-order valence-electron chi connectivity index (χ0n) is 6.81. The first-order valence-electron chi connectivity index (χ1n) is 3.17. The van der Waals surface area contributed by atoms with E-state index < -0.39 is 0 Å². The van der Waals surface area contributed by atoms with Gasteiger partial charge in [0.25, 0.3) is 0 Å². The molecule has 0 bridgehead atoms. The Morgan fingerprint density at radius 1 is 1.40 bits per heavy atom. The van der Waals surface area contributed by atoms with Gasteiger partial charge in [0.1, 0.15) is 0 Å². The summed E-state index contributed by atoms with van der Waals surface area (Å²) in [7, 11) is 0. The van der Waals surface area contributed by atoms with Gasteiger partial charge >= 0.3 is 0 Å². The fourth-order valence-electron chi connectivity index (χ4n) is 0.592. The number of rotatable bonds is 2. The normalized spacial score (nSPS) is 10.9. The Kier molecular flexibility index (Phi) is 3.47. The first-order chi connectivity index (χ1) is 4.52. The Hall–Kier alpha value is -1.05. The number of hydrogen-bond acceptors (Lipinski definition) is 1. The summed E-state index contributed by atoms with van der Waals surface area (Å²) in [6.45, 7) is 9.42. The molecule has 0 spiro atoms. The molecular weight excluding hydrogens is 124 g/mol. The van der Waals surface area contributed by atoms with Crippen molar-refractivity contribution in [3.05, 3.63) is 23.9 Å². The van der Waals surface area contributed by atoms with Gasteiger partial charge in [-0.1, -0.05) is 12.2 Å². The van der Waals surface area contributed by atoms with Crippen LogP contribution in [-0.4, -0.2) is 5.84 Å². The highest BCUT2D eigenvalue weighted by molar-refractivity contribution is 5.78. The fraction of sp³-hybridized carbons (Fsp3) is 0.375. The molecule has 2 nitrogen and oxygen atoms in total. The van der Waals surface area contributed by atoms with Crippen molar-refractivity contribution in [3.8, 4) is 0 Å². The molecule has 0 unspecified atom stereocenters. The van der Waals surface area contributed by atoms with Crippen LogP contribution in [0.4, 0.5) is 0 Å². The quantitative estimate of drug-likeness (QED) is 0.353. The third-order valence-electron chi connectivity index (χ3n) is 0.775. The van der Waals surface area contributed by atoms with Crippen LogP contribution >= 0.6 is 0 Å². The predicted octanol–water partition coefficient (Wildman–Crippen LogP) is 1.84. The van der Waals surface area contributed by atoms with Crippen molar-refractivity contribution in [2.75, 3.05) is 0 Å². The van der Waals surface area contributed by atoms with Crippen molar-refractivity contribution in [3.63, 3.8) is 0 Å². The summed E-state index contributed by atoms with van der Waals surface area (Å²) in [5.74, 6) is 0.544. The molecule has 2 heteroatoms. The number of allylic oxidation sites excluding steroid dienone is 2. The van der Waals surface area contributed by atoms with Crippen molar-refractivity contribution < 1.29 is 0 Å². The molecule has 0 fully saturated rings. The van der Waals surface area contributed by atoms with Gasteiger partial charge in [-0.2, -0.15) is 0 Å². The lowest BCUT2D eigenvalue weighted by atomic mass is 10.3. The molecule has 0 heterocycles. The second-order valence-electron chi connectivity index (χ2n) is 2.47. The smallest absolute Gasteiger partial charge is 0.0964 e. The molecule has 2 N–H and O–H groups in total. The van der Waals surface area contributed by atoms with Crippen LogP contribution in [0.15, 0.2) is 28.9 Å². The molecular formula is C8H14N2. The van der Waals surface area contributed by atoms with Gasteiger partial charge in [0, 0.05) is 0 Å². The van der Waals surface area contributed by atoms with Crippen LogP contribution in [0.1, 0.15) is 20.8 Å². The van der Waals surface area contributed by atoms with E-state index in [1.54, 1.807) is 6.92 Å². The molecule has 0 saturated carbocycles. The minimum absolute atomic E-state index is 0.544. The summed E-state index contributed by atoms with van der Waals surface area (Å²) >= 11 is 0. The van der Waals surface area contributed by atoms with Crippen molar-refractivity contribution in [1.29, 1.82) is 0 Å². The zero-order valence-corrected chi connectivity index (χ0v) is 6.81. The van der Waals surface area contributed by atoms with Crippen LogP contribution in [0, 0.1) is 0 Å². The van der Waals surface area contributed by atoms with Gasteiger partial charge < -0.3 is 5.73 Å². The summed E-state index contributed by atoms with van der Waals surface area (Å²) in [5.41, 5.74) is 7.21. The number of hydrogen-bond donors (Lipinski definition) is 1. The minimum Gasteiger partial charge on any atom is -0.387 e. The Morgan fingerprint density at radius 3 is 2.20 bits per heavy atom. The maximum absolute atomic E-state index is 5.33. The number of amidine groups is 1. The highest BCUT2D eigenvalue weighted by atomic mass is 14.8. The summed E-state index contributed by atoms with van der Waals surface area (Å²) in [4.78, 5) is 3.94. The van der Waals surface area contributed by atoms with E-state index in [9.17, 15) is 0 Å². The number of aliphatic imine (C=N–C) groups is 1. The van der Waals surface area contributed by atoms with Crippen molar-refractivity contribution >= 4 is 5.84 Å². The van der Waals surface area contributed by atoms with Crippen LogP contribution in [0.25, 0.3) is 0 Å². The second-order valence-corrected chi connectivity index (χ2v) is 2.47. The molecule has 0 aromatic rings. The molecule has 0 amide bonds.